The van der Waals surface area contributed by atoms with E-state index >= 15 is 0 Å². The molecule has 0 fully saturated rings. The van der Waals surface area contributed by atoms with E-state index in [-0.39, 0.29) is 17.1 Å². The number of anilines is 1. The highest BCUT2D eigenvalue weighted by Gasteiger charge is 2.23. The third-order valence-corrected chi connectivity index (χ3v) is 2.50. The number of unbranched alkanes of at least 4 members (excludes halogenated alkanes) is 2. The molecular weight excluding hydrogens is 238 g/mol. The Morgan fingerprint density at radius 3 is 2.11 bits per heavy atom. The van der Waals surface area contributed by atoms with Crippen LogP contribution >= 0.6 is 0 Å². The van der Waals surface area contributed by atoms with Crippen molar-refractivity contribution in [3.8, 4) is 0 Å². The molecule has 7 heteroatoms. The highest BCUT2D eigenvalue weighted by Crippen LogP contribution is 2.33. The Bertz CT molecular complexity index is 416. The first-order valence-electron chi connectivity index (χ1n) is 5.73. The van der Waals surface area contributed by atoms with Gasteiger partial charge in [0.25, 0.3) is 11.4 Å². The van der Waals surface area contributed by atoms with Gasteiger partial charge in [0.15, 0.2) is 5.69 Å². The van der Waals surface area contributed by atoms with Crippen molar-refractivity contribution in [3.05, 3.63) is 38.4 Å². The third kappa shape index (κ3) is 3.41. The molecule has 1 aromatic rings. The van der Waals surface area contributed by atoms with Crippen LogP contribution in [0.15, 0.2) is 18.2 Å². The van der Waals surface area contributed by atoms with Gasteiger partial charge in [-0.15, -0.1) is 0 Å². The Morgan fingerprint density at radius 2 is 1.67 bits per heavy atom. The van der Waals surface area contributed by atoms with Gasteiger partial charge in [0.1, 0.15) is 0 Å². The topological polar surface area (TPSA) is 98.3 Å². The second-order valence-corrected chi connectivity index (χ2v) is 3.82. The van der Waals surface area contributed by atoms with Crippen molar-refractivity contribution in [2.75, 3.05) is 11.9 Å². The Hall–Kier alpha value is -2.18. The number of nitrogens with zero attached hydrogens (tertiary/aromatic N) is 2. The van der Waals surface area contributed by atoms with Gasteiger partial charge in [0, 0.05) is 18.7 Å². The summed E-state index contributed by atoms with van der Waals surface area (Å²) in [4.78, 5) is 20.4. The summed E-state index contributed by atoms with van der Waals surface area (Å²) in [5.41, 5.74) is -0.537. The predicted molar refractivity (Wildman–Crippen MR) is 67.8 cm³/mol. The lowest BCUT2D eigenvalue weighted by molar-refractivity contribution is -0.392. The van der Waals surface area contributed by atoms with Crippen molar-refractivity contribution >= 4 is 17.1 Å². The lowest BCUT2D eigenvalue weighted by Crippen LogP contribution is -2.07. The molecule has 0 aliphatic rings. The van der Waals surface area contributed by atoms with Crippen molar-refractivity contribution in [1.29, 1.82) is 0 Å². The van der Waals surface area contributed by atoms with Crippen LogP contribution in [-0.4, -0.2) is 16.4 Å². The molecule has 0 aliphatic carbocycles. The molecule has 0 radical (unpaired) electrons. The molecule has 0 amide bonds. The van der Waals surface area contributed by atoms with Crippen LogP contribution in [0.5, 0.6) is 0 Å². The summed E-state index contributed by atoms with van der Waals surface area (Å²) in [6, 6.07) is 3.83. The number of para-hydroxylation sites is 1. The van der Waals surface area contributed by atoms with Gasteiger partial charge in [0.05, 0.1) is 9.85 Å². The van der Waals surface area contributed by atoms with Crippen LogP contribution in [-0.2, 0) is 0 Å². The Labute approximate surface area is 104 Å². The van der Waals surface area contributed by atoms with Crippen LogP contribution in [0.1, 0.15) is 26.2 Å². The van der Waals surface area contributed by atoms with Gasteiger partial charge in [-0.05, 0) is 12.5 Å². The fraction of sp³-hybridized carbons (Fsp3) is 0.455. The van der Waals surface area contributed by atoms with Crippen LogP contribution in [0.3, 0.4) is 0 Å². The number of rotatable bonds is 7. The molecule has 1 rings (SSSR count). The minimum absolute atomic E-state index is 0.0106. The third-order valence-electron chi connectivity index (χ3n) is 2.50. The number of hydrogen-bond acceptors (Lipinski definition) is 5. The maximum absolute atomic E-state index is 10.8. The SMILES string of the molecule is CCCCCNc1c([N+](=O)[O-])cccc1[N+](=O)[O-]. The Balaban J connectivity index is 2.96. The van der Waals surface area contributed by atoms with Crippen molar-refractivity contribution < 1.29 is 9.85 Å². The second kappa shape index (κ2) is 6.53. The van der Waals surface area contributed by atoms with Crippen molar-refractivity contribution in [1.82, 2.24) is 0 Å². The molecule has 0 unspecified atom stereocenters. The fourth-order valence-corrected chi connectivity index (χ4v) is 1.60. The van der Waals surface area contributed by atoms with E-state index in [1.54, 1.807) is 0 Å². The highest BCUT2D eigenvalue weighted by molar-refractivity contribution is 5.73. The minimum atomic E-state index is -0.616. The highest BCUT2D eigenvalue weighted by atomic mass is 16.6. The van der Waals surface area contributed by atoms with E-state index in [9.17, 15) is 20.2 Å². The standard InChI is InChI=1S/C11H15N3O4/c1-2-3-4-8-12-11-9(13(15)16)6-5-7-10(11)14(17)18/h5-7,12H,2-4,8H2,1H3. The molecule has 18 heavy (non-hydrogen) atoms. The van der Waals surface area contributed by atoms with E-state index in [0.29, 0.717) is 6.54 Å². The van der Waals surface area contributed by atoms with Gasteiger partial charge in [-0.25, -0.2) is 0 Å². The fourth-order valence-electron chi connectivity index (χ4n) is 1.60. The van der Waals surface area contributed by atoms with Gasteiger partial charge in [0.2, 0.25) is 0 Å². The molecule has 98 valence electrons. The van der Waals surface area contributed by atoms with E-state index in [2.05, 4.69) is 5.32 Å². The van der Waals surface area contributed by atoms with Gasteiger partial charge < -0.3 is 5.32 Å². The molecule has 0 spiro atoms. The summed E-state index contributed by atoms with van der Waals surface area (Å²) in [6.07, 6.45) is 2.81. The lowest BCUT2D eigenvalue weighted by atomic mass is 10.2. The molecule has 0 saturated heterocycles. The molecule has 0 atom stereocenters. The zero-order chi connectivity index (χ0) is 13.5. The van der Waals surface area contributed by atoms with Crippen LogP contribution in [0, 0.1) is 20.2 Å². The average Bonchev–Trinajstić information content (AvgIpc) is 2.34. The van der Waals surface area contributed by atoms with Crippen LogP contribution in [0.4, 0.5) is 17.1 Å². The summed E-state index contributed by atoms with van der Waals surface area (Å²) in [5, 5.41) is 24.5. The number of nitro benzene ring substituents is 2. The summed E-state index contributed by atoms with van der Waals surface area (Å²) in [7, 11) is 0. The van der Waals surface area contributed by atoms with Crippen LogP contribution in [0.25, 0.3) is 0 Å². The zero-order valence-electron chi connectivity index (χ0n) is 10.1. The number of benzene rings is 1. The average molecular weight is 253 g/mol. The second-order valence-electron chi connectivity index (χ2n) is 3.82. The molecule has 1 aromatic carbocycles. The van der Waals surface area contributed by atoms with E-state index in [1.165, 1.54) is 18.2 Å². The minimum Gasteiger partial charge on any atom is -0.374 e. The van der Waals surface area contributed by atoms with Gasteiger partial charge in [-0.1, -0.05) is 19.8 Å². The molecule has 0 saturated carbocycles. The summed E-state index contributed by atoms with van der Waals surface area (Å²) in [5.74, 6) is 0. The normalized spacial score (nSPS) is 10.1. The molecule has 0 heterocycles. The summed E-state index contributed by atoms with van der Waals surface area (Å²) in [6.45, 7) is 2.52. The lowest BCUT2D eigenvalue weighted by Gasteiger charge is -2.07. The van der Waals surface area contributed by atoms with E-state index in [0.717, 1.165) is 19.3 Å². The number of nitrogens with one attached hydrogen (secondary N) is 1. The first-order chi connectivity index (χ1) is 8.57. The Kier molecular flexibility index (Phi) is 5.04. The molecular formula is C11H15N3O4. The van der Waals surface area contributed by atoms with Gasteiger partial charge in [-0.3, -0.25) is 20.2 Å². The van der Waals surface area contributed by atoms with Gasteiger partial charge in [-0.2, -0.15) is 0 Å². The molecule has 0 aliphatic heterocycles. The van der Waals surface area contributed by atoms with E-state index in [1.807, 2.05) is 6.92 Å². The molecule has 1 N–H and O–H groups in total. The van der Waals surface area contributed by atoms with E-state index < -0.39 is 9.85 Å². The predicted octanol–water partition coefficient (Wildman–Crippen LogP) is 3.11. The number of nitro groups is 2. The smallest absolute Gasteiger partial charge is 0.299 e. The zero-order valence-corrected chi connectivity index (χ0v) is 10.1. The largest absolute Gasteiger partial charge is 0.374 e. The first kappa shape index (κ1) is 13.9. The van der Waals surface area contributed by atoms with Crippen molar-refractivity contribution in [3.63, 3.8) is 0 Å². The quantitative estimate of drug-likeness (QED) is 0.457. The number of hydrogen-bond donors (Lipinski definition) is 1. The molecule has 7 nitrogen and oxygen atoms in total. The monoisotopic (exact) mass is 253 g/mol. The molecule has 0 bridgehead atoms. The Morgan fingerprint density at radius 1 is 1.11 bits per heavy atom. The van der Waals surface area contributed by atoms with Crippen LogP contribution < -0.4 is 5.32 Å². The first-order valence-corrected chi connectivity index (χ1v) is 5.73. The maximum atomic E-state index is 10.8. The summed E-state index contributed by atoms with van der Waals surface area (Å²) < 4.78 is 0. The molecule has 0 aromatic heterocycles. The van der Waals surface area contributed by atoms with E-state index in [4.69, 9.17) is 0 Å². The maximum Gasteiger partial charge on any atom is 0.299 e. The van der Waals surface area contributed by atoms with Crippen LogP contribution in [0.2, 0.25) is 0 Å². The van der Waals surface area contributed by atoms with Crippen molar-refractivity contribution in [2.45, 2.75) is 26.2 Å². The van der Waals surface area contributed by atoms with Gasteiger partial charge >= 0.3 is 0 Å². The summed E-state index contributed by atoms with van der Waals surface area (Å²) >= 11 is 0. The van der Waals surface area contributed by atoms with Crippen molar-refractivity contribution in [2.24, 2.45) is 0 Å².